The summed E-state index contributed by atoms with van der Waals surface area (Å²) in [4.78, 5) is 37.2. The van der Waals surface area contributed by atoms with Crippen molar-refractivity contribution in [1.29, 1.82) is 0 Å². The van der Waals surface area contributed by atoms with Crippen molar-refractivity contribution >= 4 is 30.2 Å². The third-order valence-corrected chi connectivity index (χ3v) is 4.54. The van der Waals surface area contributed by atoms with E-state index in [1.165, 1.54) is 16.8 Å². The molecule has 144 valence electrons. The fourth-order valence-electron chi connectivity index (χ4n) is 2.63. The lowest BCUT2D eigenvalue weighted by Gasteiger charge is -2.31. The Morgan fingerprint density at radius 2 is 1.69 bits per heavy atom. The molecule has 0 spiro atoms. The number of rotatable bonds is 8. The van der Waals surface area contributed by atoms with Crippen LogP contribution >= 0.6 is 11.9 Å². The zero-order chi connectivity index (χ0) is 20.0. The second-order valence-electron chi connectivity index (χ2n) is 8.06. The van der Waals surface area contributed by atoms with Crippen LogP contribution in [0.25, 0.3) is 0 Å². The summed E-state index contributed by atoms with van der Waals surface area (Å²) in [5, 5.41) is 2.93. The number of nitrogens with zero attached hydrogens (tertiary/aromatic N) is 1. The first-order valence-electron chi connectivity index (χ1n) is 8.44. The first kappa shape index (κ1) is 22.0. The minimum atomic E-state index is -0.413. The molecule has 1 aromatic rings. The second kappa shape index (κ2) is 9.07. The molecule has 0 bridgehead atoms. The molecule has 0 aromatic heterocycles. The van der Waals surface area contributed by atoms with E-state index in [0.717, 1.165) is 11.2 Å². The van der Waals surface area contributed by atoms with E-state index in [4.69, 9.17) is 0 Å². The number of hydrogen-bond acceptors (Lipinski definition) is 4. The Labute approximate surface area is 160 Å². The summed E-state index contributed by atoms with van der Waals surface area (Å²) >= 11 is 1.20. The van der Waals surface area contributed by atoms with Crippen LogP contribution in [-0.4, -0.2) is 43.8 Å². The normalized spacial score (nSPS) is 11.6. The fourth-order valence-corrected chi connectivity index (χ4v) is 3.29. The van der Waals surface area contributed by atoms with Crippen molar-refractivity contribution in [3.8, 4) is 0 Å². The maximum absolute atomic E-state index is 12.3. The Bertz CT molecular complexity index is 640. The van der Waals surface area contributed by atoms with Crippen LogP contribution in [0.1, 0.15) is 44.5 Å². The predicted molar refractivity (Wildman–Crippen MR) is 105 cm³/mol. The molecule has 0 atom stereocenters. The molecular weight excluding hydrogens is 350 g/mol. The van der Waals surface area contributed by atoms with Crippen LogP contribution in [0.2, 0.25) is 0 Å². The summed E-state index contributed by atoms with van der Waals surface area (Å²) < 4.78 is 2.69. The van der Waals surface area contributed by atoms with Crippen LogP contribution in [0.4, 0.5) is 4.79 Å². The summed E-state index contributed by atoms with van der Waals surface area (Å²) in [6.07, 6.45) is 1.65. The third-order valence-electron chi connectivity index (χ3n) is 3.76. The molecule has 0 aliphatic heterocycles. The molecule has 1 aromatic carbocycles. The van der Waals surface area contributed by atoms with Gasteiger partial charge in [0.1, 0.15) is 6.29 Å². The molecule has 0 unspecified atom stereocenters. The van der Waals surface area contributed by atoms with Crippen molar-refractivity contribution in [1.82, 2.24) is 14.9 Å². The third kappa shape index (κ3) is 7.47. The Balaban J connectivity index is 2.57. The van der Waals surface area contributed by atoms with Gasteiger partial charge in [0.2, 0.25) is 0 Å². The van der Waals surface area contributed by atoms with E-state index < -0.39 is 5.41 Å². The summed E-state index contributed by atoms with van der Waals surface area (Å²) in [5.74, 6) is -0.157. The van der Waals surface area contributed by atoms with E-state index in [0.29, 0.717) is 18.5 Å². The number of carbonyl (C=O) groups excluding carboxylic acids is 3. The topological polar surface area (TPSA) is 78.5 Å². The van der Waals surface area contributed by atoms with Crippen LogP contribution in [0.5, 0.6) is 0 Å². The lowest BCUT2D eigenvalue weighted by molar-refractivity contribution is -0.116. The number of amides is 3. The molecule has 0 saturated heterocycles. The highest BCUT2D eigenvalue weighted by Gasteiger charge is 2.29. The average Bonchev–Trinajstić information content (AvgIpc) is 2.57. The highest BCUT2D eigenvalue weighted by atomic mass is 32.2. The minimum Gasteiger partial charge on any atom is -0.352 e. The Hall–Kier alpha value is -2.02. The van der Waals surface area contributed by atoms with Gasteiger partial charge < -0.3 is 15.0 Å². The van der Waals surface area contributed by atoms with Gasteiger partial charge in [-0.15, -0.1) is 0 Å². The van der Waals surface area contributed by atoms with Crippen LogP contribution in [0.15, 0.2) is 29.2 Å². The molecule has 26 heavy (non-hydrogen) atoms. The molecule has 0 heterocycles. The zero-order valence-electron chi connectivity index (χ0n) is 16.4. The maximum Gasteiger partial charge on any atom is 0.327 e. The Morgan fingerprint density at radius 3 is 2.19 bits per heavy atom. The highest BCUT2D eigenvalue weighted by molar-refractivity contribution is 7.98. The second-order valence-corrected chi connectivity index (χ2v) is 8.94. The minimum absolute atomic E-state index is 0.157. The molecular formula is C19H29N3O3S. The molecule has 0 aliphatic rings. The van der Waals surface area contributed by atoms with Crippen molar-refractivity contribution in [2.75, 3.05) is 20.6 Å². The summed E-state index contributed by atoms with van der Waals surface area (Å²) in [5.41, 5.74) is -0.0464. The summed E-state index contributed by atoms with van der Waals surface area (Å²) in [6.45, 7) is 8.35. The van der Waals surface area contributed by atoms with Crippen molar-refractivity contribution in [2.45, 2.75) is 39.0 Å². The molecule has 2 N–H and O–H groups in total. The Kier molecular flexibility index (Phi) is 7.68. The van der Waals surface area contributed by atoms with E-state index in [1.54, 1.807) is 38.4 Å². The lowest BCUT2D eigenvalue weighted by atomic mass is 9.76. The van der Waals surface area contributed by atoms with Gasteiger partial charge in [0, 0.05) is 36.5 Å². The highest BCUT2D eigenvalue weighted by Crippen LogP contribution is 2.31. The number of carbonyl (C=O) groups is 3. The van der Waals surface area contributed by atoms with Crippen LogP contribution < -0.4 is 10.0 Å². The zero-order valence-corrected chi connectivity index (χ0v) is 17.2. The molecule has 0 aliphatic carbocycles. The van der Waals surface area contributed by atoms with E-state index in [2.05, 4.69) is 10.0 Å². The fraction of sp³-hybridized carbons (Fsp3) is 0.526. The van der Waals surface area contributed by atoms with Gasteiger partial charge in [0.05, 0.1) is 0 Å². The number of aldehydes is 1. The quantitative estimate of drug-likeness (QED) is 0.536. The van der Waals surface area contributed by atoms with Gasteiger partial charge in [-0.3, -0.25) is 9.52 Å². The summed E-state index contributed by atoms with van der Waals surface area (Å²) in [7, 11) is 3.34. The van der Waals surface area contributed by atoms with Gasteiger partial charge >= 0.3 is 6.03 Å². The molecule has 3 amide bonds. The van der Waals surface area contributed by atoms with Gasteiger partial charge in [0.25, 0.3) is 5.91 Å². The number of urea groups is 1. The van der Waals surface area contributed by atoms with Gasteiger partial charge in [-0.1, -0.05) is 27.7 Å². The average molecular weight is 380 g/mol. The maximum atomic E-state index is 12.3. The van der Waals surface area contributed by atoms with Gasteiger partial charge in [0.15, 0.2) is 0 Å². The first-order valence-corrected chi connectivity index (χ1v) is 9.26. The molecule has 0 fully saturated rings. The van der Waals surface area contributed by atoms with E-state index in [9.17, 15) is 14.4 Å². The smallest absolute Gasteiger partial charge is 0.327 e. The molecule has 6 nitrogen and oxygen atoms in total. The van der Waals surface area contributed by atoms with Gasteiger partial charge in [-0.25, -0.2) is 4.79 Å². The van der Waals surface area contributed by atoms with E-state index in [-0.39, 0.29) is 17.4 Å². The van der Waals surface area contributed by atoms with E-state index >= 15 is 0 Å². The van der Waals surface area contributed by atoms with Crippen LogP contribution in [0.3, 0.4) is 0 Å². The van der Waals surface area contributed by atoms with Gasteiger partial charge in [-0.05, 0) is 48.0 Å². The molecule has 0 radical (unpaired) electrons. The largest absolute Gasteiger partial charge is 0.352 e. The molecule has 0 saturated carbocycles. The number of nitrogens with one attached hydrogen (secondary N) is 2. The van der Waals surface area contributed by atoms with Crippen molar-refractivity contribution in [2.24, 2.45) is 10.8 Å². The number of hydrogen-bond donors (Lipinski definition) is 2. The summed E-state index contributed by atoms with van der Waals surface area (Å²) in [6, 6.07) is 6.83. The lowest BCUT2D eigenvalue weighted by Crippen LogP contribution is -2.37. The van der Waals surface area contributed by atoms with Crippen LogP contribution in [0, 0.1) is 10.8 Å². The Morgan fingerprint density at radius 1 is 1.12 bits per heavy atom. The molecule has 1 rings (SSSR count). The van der Waals surface area contributed by atoms with Crippen molar-refractivity contribution < 1.29 is 14.4 Å². The number of benzene rings is 1. The monoisotopic (exact) mass is 379 g/mol. The van der Waals surface area contributed by atoms with Crippen molar-refractivity contribution in [3.05, 3.63) is 29.8 Å². The van der Waals surface area contributed by atoms with Crippen LogP contribution in [-0.2, 0) is 4.79 Å². The standard InChI is InChI=1S/C19H29N3O3S/c1-18(2,11-19(3,4)13-23)12-20-16(24)14-7-9-15(10-8-14)26-21-17(25)22(5)6/h7-10,13H,11-12H2,1-6H3,(H,20,24)(H,21,25). The SMILES string of the molecule is CN(C)C(=O)NSc1ccc(C(=O)NCC(C)(C)CC(C)(C)C=O)cc1. The predicted octanol–water partition coefficient (Wildman–Crippen LogP) is 3.34. The molecule has 7 heteroatoms. The first-order chi connectivity index (χ1) is 12.0. The van der Waals surface area contributed by atoms with E-state index in [1.807, 2.05) is 27.7 Å². The van der Waals surface area contributed by atoms with Gasteiger partial charge in [-0.2, -0.15) is 0 Å². The van der Waals surface area contributed by atoms with Crippen molar-refractivity contribution in [3.63, 3.8) is 0 Å².